The average Bonchev–Trinajstić information content (AvgIpc) is 3.53. The summed E-state index contributed by atoms with van der Waals surface area (Å²) in [6.45, 7) is 0. The van der Waals surface area contributed by atoms with Crippen LogP contribution in [0.3, 0.4) is 0 Å². The van der Waals surface area contributed by atoms with Crippen LogP contribution in [0.25, 0.3) is 60.6 Å². The van der Waals surface area contributed by atoms with Gasteiger partial charge in [0.2, 0.25) is 0 Å². The fourth-order valence-corrected chi connectivity index (χ4v) is 5.73. The third-order valence-electron chi connectivity index (χ3n) is 7.57. The van der Waals surface area contributed by atoms with Gasteiger partial charge in [0, 0.05) is 44.7 Å². The van der Waals surface area contributed by atoms with Crippen molar-refractivity contribution in [3.63, 3.8) is 0 Å². The second-order valence-corrected chi connectivity index (χ2v) is 9.93. The van der Waals surface area contributed by atoms with Gasteiger partial charge in [-0.1, -0.05) is 78.9 Å². The van der Waals surface area contributed by atoms with Crippen LogP contribution >= 0.6 is 0 Å². The van der Waals surface area contributed by atoms with E-state index in [2.05, 4.69) is 131 Å². The molecule has 3 heteroatoms. The number of nitrogens with one attached hydrogen (secondary N) is 1. The van der Waals surface area contributed by atoms with Crippen LogP contribution in [0.2, 0.25) is 0 Å². The van der Waals surface area contributed by atoms with Crippen LogP contribution in [-0.4, -0.2) is 4.57 Å². The molecular weight excluding hydrogens is 476 g/mol. The first-order valence-corrected chi connectivity index (χ1v) is 13.2. The number of fused-ring (bicyclic) bond motifs is 6. The standard InChI is InChI=1S/C36H24N2O/c1-2-8-24(9-3-1)25-14-16-26(17-15-25)37-27-18-21-34-32(22-27)29-10-4-6-12-33(29)38(34)28-19-20-31-30-11-5-7-13-35(30)39-36(31)23-28/h1-23,37H. The van der Waals surface area contributed by atoms with E-state index >= 15 is 0 Å². The van der Waals surface area contributed by atoms with Crippen LogP contribution < -0.4 is 5.32 Å². The summed E-state index contributed by atoms with van der Waals surface area (Å²) in [5, 5.41) is 8.32. The van der Waals surface area contributed by atoms with Crippen molar-refractivity contribution in [3.8, 4) is 16.8 Å². The number of para-hydroxylation sites is 2. The van der Waals surface area contributed by atoms with Crippen LogP contribution in [0.15, 0.2) is 144 Å². The first-order chi connectivity index (χ1) is 19.3. The molecule has 0 bridgehead atoms. The SMILES string of the molecule is c1ccc(-c2ccc(Nc3ccc4c(c3)c3ccccc3n4-c3ccc4c(c3)oc3ccccc34)cc2)cc1. The molecule has 0 aliphatic carbocycles. The van der Waals surface area contributed by atoms with Crippen LogP contribution in [0.5, 0.6) is 0 Å². The van der Waals surface area contributed by atoms with Crippen molar-refractivity contribution in [1.82, 2.24) is 4.57 Å². The minimum atomic E-state index is 0.900. The fourth-order valence-electron chi connectivity index (χ4n) is 5.73. The van der Waals surface area contributed by atoms with Crippen LogP contribution in [0.1, 0.15) is 0 Å². The molecule has 0 atom stereocenters. The predicted molar refractivity (Wildman–Crippen MR) is 163 cm³/mol. The number of furan rings is 1. The van der Waals surface area contributed by atoms with E-state index in [0.29, 0.717) is 0 Å². The lowest BCUT2D eigenvalue weighted by Crippen LogP contribution is -1.94. The molecule has 6 aromatic carbocycles. The van der Waals surface area contributed by atoms with Crippen molar-refractivity contribution in [2.75, 3.05) is 5.32 Å². The molecule has 0 aliphatic heterocycles. The van der Waals surface area contributed by atoms with Gasteiger partial charge in [-0.15, -0.1) is 0 Å². The number of anilines is 2. The lowest BCUT2D eigenvalue weighted by Gasteiger charge is -2.10. The van der Waals surface area contributed by atoms with E-state index in [1.165, 1.54) is 27.4 Å². The van der Waals surface area contributed by atoms with Gasteiger partial charge in [0.15, 0.2) is 0 Å². The van der Waals surface area contributed by atoms with Gasteiger partial charge in [-0.2, -0.15) is 0 Å². The zero-order valence-electron chi connectivity index (χ0n) is 21.1. The summed E-state index contributed by atoms with van der Waals surface area (Å²) in [6, 6.07) is 49.0. The summed E-state index contributed by atoms with van der Waals surface area (Å²) in [5.74, 6) is 0. The highest BCUT2D eigenvalue weighted by Crippen LogP contribution is 2.36. The Morgan fingerprint density at radius 1 is 0.436 bits per heavy atom. The molecule has 2 heterocycles. The second kappa shape index (κ2) is 8.64. The maximum atomic E-state index is 6.21. The molecule has 3 nitrogen and oxygen atoms in total. The van der Waals surface area contributed by atoms with E-state index in [0.717, 1.165) is 44.5 Å². The minimum absolute atomic E-state index is 0.900. The lowest BCUT2D eigenvalue weighted by molar-refractivity contribution is 0.668. The molecule has 0 spiro atoms. The van der Waals surface area contributed by atoms with Crippen molar-refractivity contribution in [2.45, 2.75) is 0 Å². The molecule has 1 N–H and O–H groups in total. The summed E-state index contributed by atoms with van der Waals surface area (Å²) < 4.78 is 8.54. The number of hydrogen-bond acceptors (Lipinski definition) is 2. The molecule has 2 aromatic heterocycles. The Hall–Kier alpha value is -5.28. The maximum Gasteiger partial charge on any atom is 0.137 e. The van der Waals surface area contributed by atoms with E-state index in [1.807, 2.05) is 18.2 Å². The maximum absolute atomic E-state index is 6.21. The molecule has 0 unspecified atom stereocenters. The zero-order chi connectivity index (χ0) is 25.8. The van der Waals surface area contributed by atoms with Gasteiger partial charge in [0.1, 0.15) is 11.2 Å². The highest BCUT2D eigenvalue weighted by atomic mass is 16.3. The largest absolute Gasteiger partial charge is 0.456 e. The molecular formula is C36H24N2O. The summed E-state index contributed by atoms with van der Waals surface area (Å²) in [5.41, 5.74) is 9.80. The first kappa shape index (κ1) is 21.8. The number of hydrogen-bond donors (Lipinski definition) is 1. The van der Waals surface area contributed by atoms with Gasteiger partial charge in [0.05, 0.1) is 11.0 Å². The van der Waals surface area contributed by atoms with Crippen molar-refractivity contribution in [3.05, 3.63) is 140 Å². The Kier molecular flexibility index (Phi) is 4.82. The topological polar surface area (TPSA) is 30.1 Å². The molecule has 0 saturated carbocycles. The number of nitrogens with zero attached hydrogens (tertiary/aromatic N) is 1. The minimum Gasteiger partial charge on any atom is -0.456 e. The summed E-state index contributed by atoms with van der Waals surface area (Å²) in [7, 11) is 0. The van der Waals surface area contributed by atoms with Crippen molar-refractivity contribution in [2.24, 2.45) is 0 Å². The Balaban J connectivity index is 1.21. The van der Waals surface area contributed by atoms with E-state index in [4.69, 9.17) is 4.42 Å². The Bertz CT molecular complexity index is 2130. The van der Waals surface area contributed by atoms with Gasteiger partial charge >= 0.3 is 0 Å². The van der Waals surface area contributed by atoms with E-state index in [-0.39, 0.29) is 0 Å². The van der Waals surface area contributed by atoms with Gasteiger partial charge < -0.3 is 14.3 Å². The van der Waals surface area contributed by atoms with E-state index in [1.54, 1.807) is 0 Å². The van der Waals surface area contributed by atoms with Crippen molar-refractivity contribution < 1.29 is 4.42 Å². The van der Waals surface area contributed by atoms with E-state index in [9.17, 15) is 0 Å². The molecule has 184 valence electrons. The summed E-state index contributed by atoms with van der Waals surface area (Å²) in [6.07, 6.45) is 0. The van der Waals surface area contributed by atoms with Gasteiger partial charge in [-0.3, -0.25) is 0 Å². The Morgan fingerprint density at radius 3 is 1.97 bits per heavy atom. The average molecular weight is 501 g/mol. The monoisotopic (exact) mass is 500 g/mol. The number of aromatic nitrogens is 1. The second-order valence-electron chi connectivity index (χ2n) is 9.93. The summed E-state index contributed by atoms with van der Waals surface area (Å²) >= 11 is 0. The van der Waals surface area contributed by atoms with Gasteiger partial charge in [0.25, 0.3) is 0 Å². The Labute approximate surface area is 225 Å². The molecule has 8 rings (SSSR count). The highest BCUT2D eigenvalue weighted by Gasteiger charge is 2.15. The molecule has 39 heavy (non-hydrogen) atoms. The first-order valence-electron chi connectivity index (χ1n) is 13.2. The summed E-state index contributed by atoms with van der Waals surface area (Å²) in [4.78, 5) is 0. The van der Waals surface area contributed by atoms with Crippen molar-refractivity contribution >= 4 is 55.1 Å². The predicted octanol–water partition coefficient (Wildman–Crippen LogP) is 10.1. The third kappa shape index (κ3) is 3.59. The van der Waals surface area contributed by atoms with Crippen LogP contribution in [0, 0.1) is 0 Å². The number of benzene rings is 6. The molecule has 0 amide bonds. The third-order valence-corrected chi connectivity index (χ3v) is 7.57. The molecule has 0 radical (unpaired) electrons. The zero-order valence-corrected chi connectivity index (χ0v) is 21.1. The molecule has 0 saturated heterocycles. The van der Waals surface area contributed by atoms with Gasteiger partial charge in [-0.05, 0) is 65.7 Å². The normalized spacial score (nSPS) is 11.6. The van der Waals surface area contributed by atoms with Crippen LogP contribution in [-0.2, 0) is 0 Å². The fraction of sp³-hybridized carbons (Fsp3) is 0. The highest BCUT2D eigenvalue weighted by molar-refractivity contribution is 6.11. The smallest absolute Gasteiger partial charge is 0.137 e. The van der Waals surface area contributed by atoms with Crippen LogP contribution in [0.4, 0.5) is 11.4 Å². The molecule has 0 aliphatic rings. The van der Waals surface area contributed by atoms with Gasteiger partial charge in [-0.25, -0.2) is 0 Å². The quantitative estimate of drug-likeness (QED) is 0.260. The number of rotatable bonds is 4. The molecule has 0 fully saturated rings. The van der Waals surface area contributed by atoms with E-state index < -0.39 is 0 Å². The Morgan fingerprint density at radius 2 is 1.10 bits per heavy atom. The lowest BCUT2D eigenvalue weighted by atomic mass is 10.1. The molecule has 8 aromatic rings. The van der Waals surface area contributed by atoms with Crippen molar-refractivity contribution in [1.29, 1.82) is 0 Å².